The first-order valence-corrected chi connectivity index (χ1v) is 6.00. The molecule has 1 saturated heterocycles. The summed E-state index contributed by atoms with van der Waals surface area (Å²) in [4.78, 5) is 2.35. The van der Waals surface area contributed by atoms with Crippen LogP contribution in [0, 0.1) is 5.82 Å². The molecule has 0 atom stereocenters. The van der Waals surface area contributed by atoms with Crippen molar-refractivity contribution in [2.24, 2.45) is 0 Å². The Morgan fingerprint density at radius 2 is 2.06 bits per heavy atom. The number of benzene rings is 1. The first-order chi connectivity index (χ1) is 7.75. The SMILES string of the molecule is Fc1cc(Cl)ccc1CCN1CCNCC1. The molecule has 1 heterocycles. The van der Waals surface area contributed by atoms with Gasteiger partial charge in [0.15, 0.2) is 0 Å². The van der Waals surface area contributed by atoms with Crippen molar-refractivity contribution >= 4 is 11.6 Å². The second kappa shape index (κ2) is 5.62. The minimum atomic E-state index is -0.192. The first-order valence-electron chi connectivity index (χ1n) is 5.63. The molecule has 0 unspecified atom stereocenters. The molecule has 0 saturated carbocycles. The summed E-state index contributed by atoms with van der Waals surface area (Å²) in [5, 5.41) is 3.76. The van der Waals surface area contributed by atoms with Crippen molar-refractivity contribution in [3.63, 3.8) is 0 Å². The molecular formula is C12H16ClFN2. The maximum atomic E-state index is 13.5. The molecule has 0 aliphatic carbocycles. The van der Waals surface area contributed by atoms with E-state index >= 15 is 0 Å². The average molecular weight is 243 g/mol. The van der Waals surface area contributed by atoms with Gasteiger partial charge in [0, 0.05) is 37.7 Å². The zero-order valence-electron chi connectivity index (χ0n) is 9.18. The summed E-state index contributed by atoms with van der Waals surface area (Å²) in [7, 11) is 0. The molecule has 1 aliphatic rings. The molecule has 0 spiro atoms. The van der Waals surface area contributed by atoms with E-state index in [4.69, 9.17) is 11.6 Å². The molecule has 1 aliphatic heterocycles. The van der Waals surface area contributed by atoms with Gasteiger partial charge in [-0.15, -0.1) is 0 Å². The van der Waals surface area contributed by atoms with Crippen LogP contribution in [-0.2, 0) is 6.42 Å². The van der Waals surface area contributed by atoms with Crippen LogP contribution in [0.15, 0.2) is 18.2 Å². The smallest absolute Gasteiger partial charge is 0.127 e. The first kappa shape index (κ1) is 11.8. The summed E-state index contributed by atoms with van der Waals surface area (Å²) in [5.74, 6) is -0.192. The van der Waals surface area contributed by atoms with E-state index in [9.17, 15) is 4.39 Å². The fourth-order valence-corrected chi connectivity index (χ4v) is 2.10. The van der Waals surface area contributed by atoms with E-state index in [1.165, 1.54) is 6.07 Å². The largest absolute Gasteiger partial charge is 0.314 e. The second-order valence-corrected chi connectivity index (χ2v) is 4.51. The van der Waals surface area contributed by atoms with Crippen molar-refractivity contribution in [1.82, 2.24) is 10.2 Å². The van der Waals surface area contributed by atoms with Crippen LogP contribution in [0.1, 0.15) is 5.56 Å². The Balaban J connectivity index is 1.88. The third-order valence-corrected chi connectivity index (χ3v) is 3.16. The Morgan fingerprint density at radius 3 is 2.75 bits per heavy atom. The molecule has 1 fully saturated rings. The third kappa shape index (κ3) is 3.17. The van der Waals surface area contributed by atoms with E-state index in [0.29, 0.717) is 5.02 Å². The summed E-state index contributed by atoms with van der Waals surface area (Å²) < 4.78 is 13.5. The topological polar surface area (TPSA) is 15.3 Å². The summed E-state index contributed by atoms with van der Waals surface area (Å²) in [6, 6.07) is 4.91. The molecule has 1 aromatic carbocycles. The van der Waals surface area contributed by atoms with Gasteiger partial charge in [0.2, 0.25) is 0 Å². The van der Waals surface area contributed by atoms with Gasteiger partial charge in [-0.1, -0.05) is 17.7 Å². The molecule has 1 aromatic rings. The van der Waals surface area contributed by atoms with Crippen molar-refractivity contribution < 1.29 is 4.39 Å². The average Bonchev–Trinajstić information content (AvgIpc) is 2.29. The van der Waals surface area contributed by atoms with E-state index in [0.717, 1.165) is 44.7 Å². The van der Waals surface area contributed by atoms with Gasteiger partial charge >= 0.3 is 0 Å². The van der Waals surface area contributed by atoms with Crippen molar-refractivity contribution in [2.45, 2.75) is 6.42 Å². The molecule has 0 amide bonds. The Morgan fingerprint density at radius 1 is 1.31 bits per heavy atom. The highest BCUT2D eigenvalue weighted by molar-refractivity contribution is 6.30. The number of halogens is 2. The number of rotatable bonds is 3. The highest BCUT2D eigenvalue weighted by Gasteiger charge is 2.10. The molecule has 0 aromatic heterocycles. The standard InChI is InChI=1S/C12H16ClFN2/c13-11-2-1-10(12(14)9-11)3-6-16-7-4-15-5-8-16/h1-2,9,15H,3-8H2. The lowest BCUT2D eigenvalue weighted by Crippen LogP contribution is -2.44. The van der Waals surface area contributed by atoms with E-state index in [1.807, 2.05) is 0 Å². The molecule has 4 heteroatoms. The maximum Gasteiger partial charge on any atom is 0.127 e. The van der Waals surface area contributed by atoms with Crippen LogP contribution < -0.4 is 5.32 Å². The zero-order chi connectivity index (χ0) is 11.4. The van der Waals surface area contributed by atoms with Crippen molar-refractivity contribution in [2.75, 3.05) is 32.7 Å². The zero-order valence-corrected chi connectivity index (χ0v) is 9.93. The number of hydrogen-bond acceptors (Lipinski definition) is 2. The van der Waals surface area contributed by atoms with Gasteiger partial charge in [-0.3, -0.25) is 0 Å². The van der Waals surface area contributed by atoms with Crippen LogP contribution in [0.2, 0.25) is 5.02 Å². The van der Waals surface area contributed by atoms with Crippen molar-refractivity contribution in [3.05, 3.63) is 34.6 Å². The summed E-state index contributed by atoms with van der Waals surface area (Å²) in [5.41, 5.74) is 0.753. The molecule has 2 nitrogen and oxygen atoms in total. The van der Waals surface area contributed by atoms with E-state index < -0.39 is 0 Å². The van der Waals surface area contributed by atoms with Crippen LogP contribution in [0.25, 0.3) is 0 Å². The number of nitrogens with zero attached hydrogens (tertiary/aromatic N) is 1. The van der Waals surface area contributed by atoms with E-state index in [2.05, 4.69) is 10.2 Å². The normalized spacial score (nSPS) is 17.6. The predicted octanol–water partition coefficient (Wildman–Crippen LogP) is 1.93. The lowest BCUT2D eigenvalue weighted by atomic mass is 10.1. The molecule has 0 radical (unpaired) electrons. The van der Waals surface area contributed by atoms with Gasteiger partial charge < -0.3 is 10.2 Å². The Kier molecular flexibility index (Phi) is 4.16. The van der Waals surface area contributed by atoms with Gasteiger partial charge in [0.1, 0.15) is 5.82 Å². The third-order valence-electron chi connectivity index (χ3n) is 2.92. The van der Waals surface area contributed by atoms with E-state index in [1.54, 1.807) is 12.1 Å². The highest BCUT2D eigenvalue weighted by atomic mass is 35.5. The van der Waals surface area contributed by atoms with E-state index in [-0.39, 0.29) is 5.82 Å². The highest BCUT2D eigenvalue weighted by Crippen LogP contribution is 2.15. The van der Waals surface area contributed by atoms with Gasteiger partial charge in [0.05, 0.1) is 0 Å². The van der Waals surface area contributed by atoms with Crippen molar-refractivity contribution in [3.8, 4) is 0 Å². The summed E-state index contributed by atoms with van der Waals surface area (Å²) in [6.07, 6.45) is 0.753. The molecule has 0 bridgehead atoms. The van der Waals surface area contributed by atoms with Gasteiger partial charge in [-0.25, -0.2) is 4.39 Å². The number of nitrogens with one attached hydrogen (secondary N) is 1. The van der Waals surface area contributed by atoms with Crippen LogP contribution in [0.4, 0.5) is 4.39 Å². The molecule has 1 N–H and O–H groups in total. The lowest BCUT2D eigenvalue weighted by Gasteiger charge is -2.27. The van der Waals surface area contributed by atoms with Crippen molar-refractivity contribution in [1.29, 1.82) is 0 Å². The Labute approximate surface area is 100 Å². The van der Waals surface area contributed by atoms with Gasteiger partial charge in [-0.2, -0.15) is 0 Å². The molecule has 88 valence electrons. The predicted molar refractivity (Wildman–Crippen MR) is 64.4 cm³/mol. The number of piperazine rings is 1. The van der Waals surface area contributed by atoms with Crippen LogP contribution in [0.5, 0.6) is 0 Å². The quantitative estimate of drug-likeness (QED) is 0.872. The Hall–Kier alpha value is -0.640. The number of hydrogen-bond donors (Lipinski definition) is 1. The maximum absolute atomic E-state index is 13.5. The fraction of sp³-hybridized carbons (Fsp3) is 0.500. The summed E-state index contributed by atoms with van der Waals surface area (Å²) in [6.45, 7) is 5.08. The van der Waals surface area contributed by atoms with Crippen LogP contribution in [-0.4, -0.2) is 37.6 Å². The van der Waals surface area contributed by atoms with Gasteiger partial charge in [0.25, 0.3) is 0 Å². The minimum Gasteiger partial charge on any atom is -0.314 e. The van der Waals surface area contributed by atoms with Crippen LogP contribution in [0.3, 0.4) is 0 Å². The Bertz CT molecular complexity index is 351. The molecule has 2 rings (SSSR count). The second-order valence-electron chi connectivity index (χ2n) is 4.08. The molecular weight excluding hydrogens is 227 g/mol. The fourth-order valence-electron chi connectivity index (χ4n) is 1.94. The van der Waals surface area contributed by atoms with Crippen LogP contribution >= 0.6 is 11.6 Å². The van der Waals surface area contributed by atoms with Gasteiger partial charge in [-0.05, 0) is 24.1 Å². The molecule has 16 heavy (non-hydrogen) atoms. The lowest BCUT2D eigenvalue weighted by molar-refractivity contribution is 0.243. The minimum absolute atomic E-state index is 0.192. The summed E-state index contributed by atoms with van der Waals surface area (Å²) >= 11 is 5.71. The monoisotopic (exact) mass is 242 g/mol.